The van der Waals surface area contributed by atoms with E-state index in [1.165, 1.54) is 34.2 Å². The summed E-state index contributed by atoms with van der Waals surface area (Å²) in [6.07, 6.45) is 5.31. The molecule has 20 heavy (non-hydrogen) atoms. The molecule has 0 radical (unpaired) electrons. The number of aryl methyl sites for hydroxylation is 1. The largest absolute Gasteiger partial charge is 0.476 e. The topological polar surface area (TPSA) is 119 Å². The second kappa shape index (κ2) is 5.43. The van der Waals surface area contributed by atoms with E-state index < -0.39 is 16.0 Å². The summed E-state index contributed by atoms with van der Waals surface area (Å²) < 4.78 is 29.0. The monoisotopic (exact) mass is 299 g/mol. The van der Waals surface area contributed by atoms with Crippen LogP contribution in [0, 0.1) is 0 Å². The molecule has 2 aromatic heterocycles. The third-order valence-corrected chi connectivity index (χ3v) is 3.92. The van der Waals surface area contributed by atoms with Gasteiger partial charge in [-0.2, -0.15) is 5.10 Å². The van der Waals surface area contributed by atoms with Gasteiger partial charge < -0.3 is 9.67 Å². The average molecular weight is 299 g/mol. The first-order valence-corrected chi connectivity index (χ1v) is 7.10. The summed E-state index contributed by atoms with van der Waals surface area (Å²) in [5, 5.41) is 12.5. The van der Waals surface area contributed by atoms with E-state index in [2.05, 4.69) is 14.8 Å². The molecule has 108 valence electrons. The number of hydrogen-bond acceptors (Lipinski definition) is 5. The molecule has 0 spiro atoms. The van der Waals surface area contributed by atoms with Gasteiger partial charge >= 0.3 is 5.97 Å². The van der Waals surface area contributed by atoms with Crippen LogP contribution in [0.25, 0.3) is 0 Å². The number of sulfonamides is 1. The number of imidazole rings is 1. The first-order valence-electron chi connectivity index (χ1n) is 5.62. The molecule has 2 N–H and O–H groups in total. The number of rotatable bonds is 6. The highest BCUT2D eigenvalue weighted by molar-refractivity contribution is 7.89. The molecule has 0 aliphatic rings. The summed E-state index contributed by atoms with van der Waals surface area (Å²) in [6, 6.07) is 0. The molecule has 2 aromatic rings. The van der Waals surface area contributed by atoms with Crippen molar-refractivity contribution in [1.82, 2.24) is 24.1 Å². The lowest BCUT2D eigenvalue weighted by atomic mass is 10.5. The van der Waals surface area contributed by atoms with Crippen LogP contribution in [0.1, 0.15) is 10.5 Å². The first-order chi connectivity index (χ1) is 9.38. The standard InChI is InChI=1S/C10H13N5O4S/c1-14-5-8(4-12-14)20(18,19)13-2-3-15-6-9(10(16)17)11-7-15/h4-7,13H,2-3H2,1H3,(H,16,17). The lowest BCUT2D eigenvalue weighted by Crippen LogP contribution is -2.27. The first kappa shape index (κ1) is 14.2. The van der Waals surface area contributed by atoms with Gasteiger partial charge in [-0.3, -0.25) is 4.68 Å². The lowest BCUT2D eigenvalue weighted by Gasteiger charge is -2.04. The van der Waals surface area contributed by atoms with Crippen LogP contribution < -0.4 is 4.72 Å². The molecule has 0 aromatic carbocycles. The van der Waals surface area contributed by atoms with Crippen LogP contribution in [0.4, 0.5) is 0 Å². The van der Waals surface area contributed by atoms with Gasteiger partial charge in [-0.1, -0.05) is 0 Å². The molecule has 0 aliphatic carbocycles. The summed E-state index contributed by atoms with van der Waals surface area (Å²) in [5.74, 6) is -1.13. The Kier molecular flexibility index (Phi) is 3.86. The quantitative estimate of drug-likeness (QED) is 0.727. The highest BCUT2D eigenvalue weighted by atomic mass is 32.2. The zero-order valence-corrected chi connectivity index (χ0v) is 11.4. The number of aromatic nitrogens is 4. The van der Waals surface area contributed by atoms with Gasteiger partial charge in [-0.15, -0.1) is 0 Å². The Labute approximate surface area is 114 Å². The molecule has 0 aliphatic heterocycles. The maximum Gasteiger partial charge on any atom is 0.356 e. The van der Waals surface area contributed by atoms with Gasteiger partial charge in [0.2, 0.25) is 10.0 Å². The molecule has 0 atom stereocenters. The third-order valence-electron chi connectivity index (χ3n) is 2.51. The summed E-state index contributed by atoms with van der Waals surface area (Å²) in [5.41, 5.74) is -0.0832. The number of nitrogens with one attached hydrogen (secondary N) is 1. The molecule has 2 rings (SSSR count). The van der Waals surface area contributed by atoms with E-state index in [-0.39, 0.29) is 23.7 Å². The van der Waals surface area contributed by atoms with E-state index in [0.29, 0.717) is 0 Å². The fourth-order valence-corrected chi connectivity index (χ4v) is 2.53. The average Bonchev–Trinajstić information content (AvgIpc) is 2.98. The van der Waals surface area contributed by atoms with E-state index in [0.717, 1.165) is 0 Å². The molecular formula is C10H13N5O4S. The van der Waals surface area contributed by atoms with Crippen LogP contribution in [0.15, 0.2) is 29.8 Å². The van der Waals surface area contributed by atoms with Crippen LogP contribution in [0.5, 0.6) is 0 Å². The molecule has 0 amide bonds. The number of carboxylic acid groups (broad SMARTS) is 1. The minimum atomic E-state index is -3.60. The smallest absolute Gasteiger partial charge is 0.356 e. The number of carboxylic acids is 1. The molecular weight excluding hydrogens is 286 g/mol. The van der Waals surface area contributed by atoms with Crippen molar-refractivity contribution < 1.29 is 18.3 Å². The molecule has 0 saturated heterocycles. The van der Waals surface area contributed by atoms with Crippen molar-refractivity contribution in [2.45, 2.75) is 11.4 Å². The summed E-state index contributed by atoms with van der Waals surface area (Å²) in [4.78, 5) is 14.4. The van der Waals surface area contributed by atoms with Crippen LogP contribution in [0.2, 0.25) is 0 Å². The predicted molar refractivity (Wildman–Crippen MR) is 67.6 cm³/mol. The van der Waals surface area contributed by atoms with Crippen molar-refractivity contribution in [3.8, 4) is 0 Å². The number of carbonyl (C=O) groups is 1. The SMILES string of the molecule is Cn1cc(S(=O)(=O)NCCn2cnc(C(=O)O)c2)cn1. The van der Waals surface area contributed by atoms with Gasteiger partial charge in [0.15, 0.2) is 5.69 Å². The van der Waals surface area contributed by atoms with Crippen LogP contribution in [-0.2, 0) is 23.6 Å². The van der Waals surface area contributed by atoms with Crippen molar-refractivity contribution in [1.29, 1.82) is 0 Å². The van der Waals surface area contributed by atoms with Crippen LogP contribution in [0.3, 0.4) is 0 Å². The third kappa shape index (κ3) is 3.22. The highest BCUT2D eigenvalue weighted by Crippen LogP contribution is 2.05. The van der Waals surface area contributed by atoms with Gasteiger partial charge in [-0.05, 0) is 0 Å². The zero-order valence-electron chi connectivity index (χ0n) is 10.6. The maximum atomic E-state index is 11.9. The Morgan fingerprint density at radius 3 is 2.75 bits per heavy atom. The fourth-order valence-electron chi connectivity index (χ4n) is 1.52. The van der Waals surface area contributed by atoms with E-state index in [1.54, 1.807) is 7.05 Å². The second-order valence-corrected chi connectivity index (χ2v) is 5.82. The Balaban J connectivity index is 1.93. The fraction of sp³-hybridized carbons (Fsp3) is 0.300. The Bertz CT molecular complexity index is 718. The summed E-state index contributed by atoms with van der Waals surface area (Å²) in [6.45, 7) is 0.395. The minimum absolute atomic E-state index is 0.0804. The van der Waals surface area contributed by atoms with E-state index in [4.69, 9.17) is 5.11 Å². The van der Waals surface area contributed by atoms with Gasteiger partial charge in [-0.25, -0.2) is 22.9 Å². The van der Waals surface area contributed by atoms with Crippen LogP contribution in [-0.4, -0.2) is 45.4 Å². The summed E-state index contributed by atoms with van der Waals surface area (Å²) in [7, 11) is -1.98. The zero-order chi connectivity index (χ0) is 14.8. The molecule has 2 heterocycles. The number of aromatic carboxylic acids is 1. The maximum absolute atomic E-state index is 11.9. The molecule has 10 heteroatoms. The second-order valence-electron chi connectivity index (χ2n) is 4.05. The van der Waals surface area contributed by atoms with Crippen molar-refractivity contribution in [2.75, 3.05) is 6.54 Å². The molecule has 9 nitrogen and oxygen atoms in total. The molecule has 0 bridgehead atoms. The van der Waals surface area contributed by atoms with E-state index >= 15 is 0 Å². The minimum Gasteiger partial charge on any atom is -0.476 e. The number of nitrogens with zero attached hydrogens (tertiary/aromatic N) is 4. The Hall–Kier alpha value is -2.20. The number of hydrogen-bond donors (Lipinski definition) is 2. The Morgan fingerprint density at radius 2 is 2.20 bits per heavy atom. The lowest BCUT2D eigenvalue weighted by molar-refractivity contribution is 0.0691. The van der Waals surface area contributed by atoms with Gasteiger partial charge in [0.05, 0.1) is 12.5 Å². The Morgan fingerprint density at radius 1 is 1.45 bits per heavy atom. The molecule has 0 unspecified atom stereocenters. The van der Waals surface area contributed by atoms with Gasteiger partial charge in [0.1, 0.15) is 4.90 Å². The van der Waals surface area contributed by atoms with Gasteiger partial charge in [0.25, 0.3) is 0 Å². The van der Waals surface area contributed by atoms with E-state index in [9.17, 15) is 13.2 Å². The van der Waals surface area contributed by atoms with Crippen molar-refractivity contribution >= 4 is 16.0 Å². The molecule has 0 fully saturated rings. The van der Waals surface area contributed by atoms with Crippen molar-refractivity contribution in [2.24, 2.45) is 7.05 Å². The molecule has 0 saturated carbocycles. The predicted octanol–water partition coefficient (Wildman–Crippen LogP) is -0.707. The normalized spacial score (nSPS) is 11.7. The van der Waals surface area contributed by atoms with Crippen molar-refractivity contribution in [3.63, 3.8) is 0 Å². The summed E-state index contributed by atoms with van der Waals surface area (Å²) >= 11 is 0. The van der Waals surface area contributed by atoms with Gasteiger partial charge in [0, 0.05) is 32.5 Å². The highest BCUT2D eigenvalue weighted by Gasteiger charge is 2.15. The van der Waals surface area contributed by atoms with Crippen molar-refractivity contribution in [3.05, 3.63) is 30.6 Å². The van der Waals surface area contributed by atoms with E-state index in [1.807, 2.05) is 0 Å². The van der Waals surface area contributed by atoms with Crippen LogP contribution >= 0.6 is 0 Å².